The van der Waals surface area contributed by atoms with Gasteiger partial charge in [0.25, 0.3) is 5.95 Å². The van der Waals surface area contributed by atoms with Crippen LogP contribution >= 0.6 is 31.9 Å². The molecular formula is C11H7Br2N5O3. The van der Waals surface area contributed by atoms with Gasteiger partial charge < -0.3 is 10.4 Å². The SMILES string of the molecule is O=C(Nc1nccnn1)Nc1c(Br)cc(Br)cc1C(=O)O. The Hall–Kier alpha value is -2.07. The van der Waals surface area contributed by atoms with Crippen LogP contribution in [-0.2, 0) is 0 Å². The largest absolute Gasteiger partial charge is 0.478 e. The smallest absolute Gasteiger partial charge is 0.337 e. The Labute approximate surface area is 135 Å². The van der Waals surface area contributed by atoms with Crippen LogP contribution < -0.4 is 10.6 Å². The summed E-state index contributed by atoms with van der Waals surface area (Å²) in [5.74, 6) is -1.18. The Morgan fingerprint density at radius 2 is 1.90 bits per heavy atom. The van der Waals surface area contributed by atoms with Gasteiger partial charge in [-0.1, -0.05) is 15.9 Å². The number of rotatable bonds is 3. The third kappa shape index (κ3) is 3.95. The lowest BCUT2D eigenvalue weighted by Crippen LogP contribution is -2.22. The van der Waals surface area contributed by atoms with Crippen molar-refractivity contribution in [3.63, 3.8) is 0 Å². The standard InChI is InChI=1S/C11H7Br2N5O3/c12-5-3-6(9(19)20)8(7(13)4-5)16-11(21)17-10-14-1-2-15-18-10/h1-4H,(H,19,20)(H2,14,16,17,18,21). The van der Waals surface area contributed by atoms with Crippen LogP contribution in [0.15, 0.2) is 33.5 Å². The number of anilines is 2. The zero-order valence-electron chi connectivity index (χ0n) is 10.2. The second kappa shape index (κ2) is 6.59. The molecule has 1 aromatic carbocycles. The molecule has 0 saturated carbocycles. The molecule has 108 valence electrons. The highest BCUT2D eigenvalue weighted by Gasteiger charge is 2.17. The van der Waals surface area contributed by atoms with Gasteiger partial charge >= 0.3 is 12.0 Å². The average Bonchev–Trinajstić information content (AvgIpc) is 2.42. The number of amides is 2. The normalized spacial score (nSPS) is 10.0. The lowest BCUT2D eigenvalue weighted by Gasteiger charge is -2.11. The van der Waals surface area contributed by atoms with Crippen molar-refractivity contribution in [2.24, 2.45) is 0 Å². The molecule has 0 spiro atoms. The quantitative estimate of drug-likeness (QED) is 0.708. The van der Waals surface area contributed by atoms with Crippen molar-refractivity contribution in [3.05, 3.63) is 39.0 Å². The van der Waals surface area contributed by atoms with E-state index in [0.717, 1.165) is 0 Å². The summed E-state index contributed by atoms with van der Waals surface area (Å²) >= 11 is 6.39. The van der Waals surface area contributed by atoms with Crippen molar-refractivity contribution in [1.29, 1.82) is 0 Å². The Morgan fingerprint density at radius 1 is 1.14 bits per heavy atom. The second-order valence-electron chi connectivity index (χ2n) is 3.66. The summed E-state index contributed by atoms with van der Waals surface area (Å²) < 4.78 is 0.977. The van der Waals surface area contributed by atoms with E-state index in [1.54, 1.807) is 6.07 Å². The van der Waals surface area contributed by atoms with Crippen LogP contribution in [0.3, 0.4) is 0 Å². The number of aromatic carboxylic acids is 1. The molecule has 8 nitrogen and oxygen atoms in total. The van der Waals surface area contributed by atoms with Gasteiger partial charge in [0.05, 0.1) is 23.6 Å². The molecule has 1 heterocycles. The number of benzene rings is 1. The molecule has 3 N–H and O–H groups in total. The first-order chi connectivity index (χ1) is 9.97. The molecule has 0 radical (unpaired) electrons. The number of aromatic nitrogens is 3. The van der Waals surface area contributed by atoms with E-state index in [1.807, 2.05) is 0 Å². The summed E-state index contributed by atoms with van der Waals surface area (Å²) in [6.45, 7) is 0. The van der Waals surface area contributed by atoms with Crippen LogP contribution in [0.1, 0.15) is 10.4 Å². The number of nitrogens with zero attached hydrogens (tertiary/aromatic N) is 3. The van der Waals surface area contributed by atoms with E-state index < -0.39 is 12.0 Å². The van der Waals surface area contributed by atoms with Crippen molar-refractivity contribution >= 4 is 55.5 Å². The Morgan fingerprint density at radius 3 is 2.52 bits per heavy atom. The first-order valence-corrected chi connectivity index (χ1v) is 7.00. The second-order valence-corrected chi connectivity index (χ2v) is 5.43. The molecule has 0 saturated heterocycles. The van der Waals surface area contributed by atoms with Crippen LogP contribution in [0.25, 0.3) is 0 Å². The van der Waals surface area contributed by atoms with E-state index in [0.29, 0.717) is 8.95 Å². The molecule has 0 fully saturated rings. The molecule has 2 amide bonds. The van der Waals surface area contributed by atoms with Crippen molar-refractivity contribution in [1.82, 2.24) is 15.2 Å². The first-order valence-electron chi connectivity index (χ1n) is 5.41. The van der Waals surface area contributed by atoms with Gasteiger partial charge in [0.2, 0.25) is 0 Å². The van der Waals surface area contributed by atoms with E-state index in [1.165, 1.54) is 18.5 Å². The summed E-state index contributed by atoms with van der Waals surface area (Å²) in [6, 6.07) is 2.31. The van der Waals surface area contributed by atoms with Gasteiger partial charge in [-0.2, -0.15) is 5.10 Å². The number of carboxylic acid groups (broad SMARTS) is 1. The molecule has 1 aromatic heterocycles. The van der Waals surface area contributed by atoms with Crippen molar-refractivity contribution in [3.8, 4) is 0 Å². The van der Waals surface area contributed by atoms with Crippen LogP contribution in [-0.4, -0.2) is 32.3 Å². The number of carboxylic acids is 1. The molecule has 2 aromatic rings. The number of halogens is 2. The third-order valence-corrected chi connectivity index (χ3v) is 3.32. The van der Waals surface area contributed by atoms with Gasteiger partial charge in [0.15, 0.2) is 0 Å². The zero-order chi connectivity index (χ0) is 15.4. The molecule has 10 heteroatoms. The number of carbonyl (C=O) groups excluding carboxylic acids is 1. The van der Waals surface area contributed by atoms with Crippen LogP contribution in [0, 0.1) is 0 Å². The fourth-order valence-corrected chi connectivity index (χ4v) is 2.74. The minimum absolute atomic E-state index is 0.000101. The van der Waals surface area contributed by atoms with Gasteiger partial charge in [-0.25, -0.2) is 14.6 Å². The molecule has 0 atom stereocenters. The number of nitrogens with one attached hydrogen (secondary N) is 2. The maximum Gasteiger partial charge on any atom is 0.337 e. The number of hydrogen-bond acceptors (Lipinski definition) is 5. The van der Waals surface area contributed by atoms with Crippen LogP contribution in [0.2, 0.25) is 0 Å². The monoisotopic (exact) mass is 415 g/mol. The predicted molar refractivity (Wildman–Crippen MR) is 81.3 cm³/mol. The lowest BCUT2D eigenvalue weighted by atomic mass is 10.2. The predicted octanol–water partition coefficient (Wildman–Crippen LogP) is 2.74. The highest BCUT2D eigenvalue weighted by molar-refractivity contribution is 9.11. The minimum atomic E-state index is -1.18. The highest BCUT2D eigenvalue weighted by Crippen LogP contribution is 2.30. The summed E-state index contributed by atoms with van der Waals surface area (Å²) in [6.07, 6.45) is 2.72. The van der Waals surface area contributed by atoms with E-state index in [4.69, 9.17) is 5.11 Å². The zero-order valence-corrected chi connectivity index (χ0v) is 13.3. The molecule has 0 unspecified atom stereocenters. The molecule has 0 bridgehead atoms. The van der Waals surface area contributed by atoms with E-state index >= 15 is 0 Å². The summed E-state index contributed by atoms with van der Waals surface area (Å²) in [5.41, 5.74) is 0.0468. The molecule has 0 aliphatic carbocycles. The van der Waals surface area contributed by atoms with Crippen molar-refractivity contribution in [2.45, 2.75) is 0 Å². The molecule has 0 aliphatic rings. The third-order valence-electron chi connectivity index (χ3n) is 2.23. The maximum absolute atomic E-state index is 11.8. The average molecular weight is 417 g/mol. The van der Waals surface area contributed by atoms with Crippen molar-refractivity contribution < 1.29 is 14.7 Å². The lowest BCUT2D eigenvalue weighted by molar-refractivity contribution is 0.0698. The number of hydrogen-bond donors (Lipinski definition) is 3. The van der Waals surface area contributed by atoms with Gasteiger partial charge in [-0.15, -0.1) is 5.10 Å². The fourth-order valence-electron chi connectivity index (χ4n) is 1.42. The van der Waals surface area contributed by atoms with Crippen molar-refractivity contribution in [2.75, 3.05) is 10.6 Å². The van der Waals surface area contributed by atoms with E-state index in [-0.39, 0.29) is 17.2 Å². The fraction of sp³-hybridized carbons (Fsp3) is 0. The Bertz CT molecular complexity index is 696. The Balaban J connectivity index is 2.23. The van der Waals surface area contributed by atoms with Gasteiger partial charge in [-0.3, -0.25) is 5.32 Å². The highest BCUT2D eigenvalue weighted by atomic mass is 79.9. The van der Waals surface area contributed by atoms with Crippen LogP contribution in [0.4, 0.5) is 16.4 Å². The van der Waals surface area contributed by atoms with Gasteiger partial charge in [-0.05, 0) is 28.1 Å². The maximum atomic E-state index is 11.8. The van der Waals surface area contributed by atoms with E-state index in [2.05, 4.69) is 57.7 Å². The molecule has 2 rings (SSSR count). The molecule has 21 heavy (non-hydrogen) atoms. The van der Waals surface area contributed by atoms with Gasteiger partial charge in [0.1, 0.15) is 0 Å². The molecule has 0 aliphatic heterocycles. The first kappa shape index (κ1) is 15.3. The Kier molecular flexibility index (Phi) is 4.81. The van der Waals surface area contributed by atoms with Gasteiger partial charge in [0, 0.05) is 8.95 Å². The topological polar surface area (TPSA) is 117 Å². The van der Waals surface area contributed by atoms with Crippen LogP contribution in [0.5, 0.6) is 0 Å². The summed E-state index contributed by atoms with van der Waals surface area (Å²) in [5, 5.41) is 21.1. The number of carbonyl (C=O) groups is 2. The minimum Gasteiger partial charge on any atom is -0.478 e. The number of urea groups is 1. The molecular weight excluding hydrogens is 410 g/mol. The van der Waals surface area contributed by atoms with E-state index in [9.17, 15) is 9.59 Å². The summed E-state index contributed by atoms with van der Waals surface area (Å²) in [4.78, 5) is 26.8. The summed E-state index contributed by atoms with van der Waals surface area (Å²) in [7, 11) is 0.